The summed E-state index contributed by atoms with van der Waals surface area (Å²) >= 11 is 0. The van der Waals surface area contributed by atoms with Gasteiger partial charge in [-0.1, -0.05) is 0 Å². The Morgan fingerprint density at radius 1 is 1.07 bits per heavy atom. The van der Waals surface area contributed by atoms with E-state index in [1.54, 1.807) is 4.68 Å². The molecular weight excluding hydrogens is 378 g/mol. The van der Waals surface area contributed by atoms with E-state index < -0.39 is 0 Å². The fraction of sp³-hybridized carbons (Fsp3) is 0.609. The second-order valence-electron chi connectivity index (χ2n) is 9.32. The molecule has 2 aromatic rings. The molecule has 1 saturated carbocycles. The average Bonchev–Trinajstić information content (AvgIpc) is 3.33. The van der Waals surface area contributed by atoms with Gasteiger partial charge in [-0.2, -0.15) is 5.10 Å². The summed E-state index contributed by atoms with van der Waals surface area (Å²) in [6.45, 7) is 2.57. The molecule has 2 aliphatic heterocycles. The Bertz CT molecular complexity index is 903. The number of aliphatic hydroxyl groups excluding tert-OH is 1. The molecule has 30 heavy (non-hydrogen) atoms. The van der Waals surface area contributed by atoms with Crippen molar-refractivity contribution in [3.63, 3.8) is 0 Å². The largest absolute Gasteiger partial charge is 0.393 e. The lowest BCUT2D eigenvalue weighted by Crippen LogP contribution is -2.50. The monoisotopic (exact) mass is 409 g/mol. The van der Waals surface area contributed by atoms with Gasteiger partial charge in [-0.05, 0) is 57.1 Å². The summed E-state index contributed by atoms with van der Waals surface area (Å²) in [5.74, 6) is 1.29. The van der Waals surface area contributed by atoms with E-state index in [1.165, 1.54) is 0 Å². The Kier molecular flexibility index (Phi) is 5.01. The van der Waals surface area contributed by atoms with E-state index in [-0.39, 0.29) is 11.5 Å². The molecule has 0 unspecified atom stereocenters. The molecule has 1 amide bonds. The Morgan fingerprint density at radius 3 is 2.60 bits per heavy atom. The van der Waals surface area contributed by atoms with Crippen LogP contribution in [0.3, 0.4) is 0 Å². The van der Waals surface area contributed by atoms with Crippen molar-refractivity contribution in [2.75, 3.05) is 24.5 Å². The first-order valence-corrected chi connectivity index (χ1v) is 11.2. The van der Waals surface area contributed by atoms with Crippen molar-refractivity contribution in [1.29, 1.82) is 0 Å². The maximum Gasteiger partial charge on any atom is 0.230 e. The Hall–Kier alpha value is -2.41. The van der Waals surface area contributed by atoms with E-state index in [4.69, 9.17) is 4.98 Å². The first-order chi connectivity index (χ1) is 14.5. The van der Waals surface area contributed by atoms with Gasteiger partial charge in [0.2, 0.25) is 5.91 Å². The van der Waals surface area contributed by atoms with Crippen molar-refractivity contribution >= 4 is 11.7 Å². The van der Waals surface area contributed by atoms with Crippen LogP contribution in [0.15, 0.2) is 30.7 Å². The van der Waals surface area contributed by atoms with Crippen LogP contribution in [0, 0.1) is 5.41 Å². The molecule has 7 heteroatoms. The molecule has 4 heterocycles. The highest BCUT2D eigenvalue weighted by atomic mass is 16.3. The SMILES string of the molecule is Cn1cc(-c2ccc(N3CCC[C@]4(CCN(C5CCC(O)CC5)C4=O)C3)nc2)cn1. The van der Waals surface area contributed by atoms with Gasteiger partial charge < -0.3 is 14.9 Å². The van der Waals surface area contributed by atoms with Gasteiger partial charge in [-0.15, -0.1) is 0 Å². The van der Waals surface area contributed by atoms with Gasteiger partial charge in [-0.25, -0.2) is 4.98 Å². The molecule has 160 valence electrons. The summed E-state index contributed by atoms with van der Waals surface area (Å²) in [6.07, 6.45) is 12.0. The van der Waals surface area contributed by atoms with Crippen LogP contribution in [-0.4, -0.2) is 62.5 Å². The number of likely N-dealkylation sites (tertiary alicyclic amines) is 1. The number of amides is 1. The third-order valence-electron chi connectivity index (χ3n) is 7.34. The van der Waals surface area contributed by atoms with Crippen LogP contribution in [-0.2, 0) is 11.8 Å². The van der Waals surface area contributed by atoms with Crippen LogP contribution in [0.1, 0.15) is 44.9 Å². The van der Waals surface area contributed by atoms with Gasteiger partial charge in [-0.3, -0.25) is 9.48 Å². The van der Waals surface area contributed by atoms with Crippen molar-refractivity contribution in [2.45, 2.75) is 57.1 Å². The summed E-state index contributed by atoms with van der Waals surface area (Å²) in [7, 11) is 1.91. The van der Waals surface area contributed by atoms with Gasteiger partial charge in [0.05, 0.1) is 17.7 Å². The average molecular weight is 410 g/mol. The quantitative estimate of drug-likeness (QED) is 0.844. The summed E-state index contributed by atoms with van der Waals surface area (Å²) in [6, 6.07) is 4.48. The number of carbonyl (C=O) groups excluding carboxylic acids is 1. The molecule has 0 radical (unpaired) electrons. The lowest BCUT2D eigenvalue weighted by atomic mass is 9.78. The minimum absolute atomic E-state index is 0.182. The number of pyridine rings is 1. The fourth-order valence-corrected chi connectivity index (χ4v) is 5.59. The Balaban J connectivity index is 1.29. The normalized spacial score (nSPS) is 29.7. The first-order valence-electron chi connectivity index (χ1n) is 11.2. The fourth-order valence-electron chi connectivity index (χ4n) is 5.59. The molecule has 1 N–H and O–H groups in total. The topological polar surface area (TPSA) is 74.5 Å². The second-order valence-corrected chi connectivity index (χ2v) is 9.32. The molecule has 0 bridgehead atoms. The molecule has 3 fully saturated rings. The lowest BCUT2D eigenvalue weighted by molar-refractivity contribution is -0.139. The molecule has 7 nitrogen and oxygen atoms in total. The number of carbonyl (C=O) groups is 1. The van der Waals surface area contributed by atoms with Crippen LogP contribution in [0.4, 0.5) is 5.82 Å². The van der Waals surface area contributed by atoms with Gasteiger partial charge in [0.1, 0.15) is 5.82 Å². The summed E-state index contributed by atoms with van der Waals surface area (Å²) in [4.78, 5) is 22.6. The zero-order chi connectivity index (χ0) is 20.7. The third kappa shape index (κ3) is 3.49. The van der Waals surface area contributed by atoms with Crippen molar-refractivity contribution in [1.82, 2.24) is 19.7 Å². The molecule has 3 aliphatic rings. The van der Waals surface area contributed by atoms with Crippen molar-refractivity contribution < 1.29 is 9.90 Å². The first kappa shape index (κ1) is 19.5. The summed E-state index contributed by atoms with van der Waals surface area (Å²) < 4.78 is 1.79. The van der Waals surface area contributed by atoms with E-state index in [9.17, 15) is 9.90 Å². The van der Waals surface area contributed by atoms with Crippen LogP contribution in [0.25, 0.3) is 11.1 Å². The summed E-state index contributed by atoms with van der Waals surface area (Å²) in [5, 5.41) is 14.0. The minimum atomic E-state index is -0.266. The van der Waals surface area contributed by atoms with Gasteiger partial charge in [0, 0.05) is 56.2 Å². The maximum atomic E-state index is 13.5. The minimum Gasteiger partial charge on any atom is -0.393 e. The molecule has 1 aliphatic carbocycles. The smallest absolute Gasteiger partial charge is 0.230 e. The molecule has 1 atom stereocenters. The van der Waals surface area contributed by atoms with Crippen LogP contribution in [0.2, 0.25) is 0 Å². The highest BCUT2D eigenvalue weighted by Gasteiger charge is 2.50. The van der Waals surface area contributed by atoms with E-state index in [2.05, 4.69) is 27.0 Å². The third-order valence-corrected chi connectivity index (χ3v) is 7.34. The standard InChI is InChI=1S/C23H31N5O2/c1-26-15-18(14-25-26)17-3-8-21(24-13-17)27-11-2-9-23(16-27)10-12-28(22(23)30)19-4-6-20(29)7-5-19/h3,8,13-15,19-20,29H,2,4-7,9-12,16H2,1H3/t19?,20?,23-/m0/s1. The predicted octanol–water partition coefficient (Wildman–Crippen LogP) is 2.60. The second kappa shape index (κ2) is 7.69. The van der Waals surface area contributed by atoms with E-state index in [0.29, 0.717) is 11.9 Å². The van der Waals surface area contributed by atoms with Gasteiger partial charge in [0.25, 0.3) is 0 Å². The van der Waals surface area contributed by atoms with Crippen molar-refractivity contribution in [3.05, 3.63) is 30.7 Å². The predicted molar refractivity (Wildman–Crippen MR) is 115 cm³/mol. The number of hydrogen-bond donors (Lipinski definition) is 1. The van der Waals surface area contributed by atoms with Crippen molar-refractivity contribution in [2.24, 2.45) is 12.5 Å². The number of piperidine rings is 1. The number of anilines is 1. The number of aryl methyl sites for hydroxylation is 1. The van der Waals surface area contributed by atoms with E-state index in [0.717, 1.165) is 81.5 Å². The number of hydrogen-bond acceptors (Lipinski definition) is 5. The summed E-state index contributed by atoms with van der Waals surface area (Å²) in [5.41, 5.74) is 1.85. The van der Waals surface area contributed by atoms with Crippen molar-refractivity contribution in [3.8, 4) is 11.1 Å². The Labute approximate surface area is 177 Å². The lowest BCUT2D eigenvalue weighted by Gasteiger charge is -2.41. The molecule has 2 saturated heterocycles. The van der Waals surface area contributed by atoms with E-state index in [1.807, 2.05) is 25.6 Å². The molecular formula is C23H31N5O2. The van der Waals surface area contributed by atoms with Crippen LogP contribution in [0.5, 0.6) is 0 Å². The molecule has 1 spiro atoms. The molecule has 2 aromatic heterocycles. The van der Waals surface area contributed by atoms with Gasteiger partial charge >= 0.3 is 0 Å². The number of rotatable bonds is 3. The van der Waals surface area contributed by atoms with Gasteiger partial charge in [0.15, 0.2) is 0 Å². The van der Waals surface area contributed by atoms with E-state index >= 15 is 0 Å². The number of aromatic nitrogens is 3. The zero-order valence-corrected chi connectivity index (χ0v) is 17.7. The Morgan fingerprint density at radius 2 is 1.90 bits per heavy atom. The zero-order valence-electron chi connectivity index (χ0n) is 17.7. The molecule has 5 rings (SSSR count). The maximum absolute atomic E-state index is 13.5. The molecule has 0 aromatic carbocycles. The number of nitrogens with zero attached hydrogens (tertiary/aromatic N) is 5. The highest BCUT2D eigenvalue weighted by molar-refractivity contribution is 5.86. The number of aliphatic hydroxyl groups is 1. The highest BCUT2D eigenvalue weighted by Crippen LogP contribution is 2.43. The van der Waals surface area contributed by atoms with Crippen LogP contribution >= 0.6 is 0 Å². The van der Waals surface area contributed by atoms with Crippen LogP contribution < -0.4 is 4.90 Å².